The fourth-order valence-electron chi connectivity index (χ4n) is 3.23. The summed E-state index contributed by atoms with van der Waals surface area (Å²) in [5.74, 6) is -1.52. The molecule has 2 N–H and O–H groups in total. The first-order valence-electron chi connectivity index (χ1n) is 9.35. The average Bonchev–Trinajstić information content (AvgIpc) is 3.30. The first-order valence-corrected chi connectivity index (χ1v) is 10.2. The van der Waals surface area contributed by atoms with Crippen LogP contribution in [-0.4, -0.2) is 64.1 Å². The Morgan fingerprint density at radius 2 is 2.10 bits per heavy atom. The van der Waals surface area contributed by atoms with Crippen molar-refractivity contribution in [3.8, 4) is 5.88 Å². The van der Waals surface area contributed by atoms with Crippen LogP contribution in [0.5, 0.6) is 5.88 Å². The Kier molecular flexibility index (Phi) is 7.21. The maximum absolute atomic E-state index is 10.6. The van der Waals surface area contributed by atoms with Crippen LogP contribution >= 0.6 is 11.3 Å². The lowest BCUT2D eigenvalue weighted by molar-refractivity contribution is -0.192. The molecule has 1 unspecified atom stereocenters. The lowest BCUT2D eigenvalue weighted by Crippen LogP contribution is -2.39. The van der Waals surface area contributed by atoms with E-state index in [4.69, 9.17) is 14.6 Å². The predicted molar refractivity (Wildman–Crippen MR) is 102 cm³/mol. The van der Waals surface area contributed by atoms with Gasteiger partial charge < -0.3 is 15.2 Å². The zero-order chi connectivity index (χ0) is 21.7. The lowest BCUT2D eigenvalue weighted by Gasteiger charge is -2.24. The van der Waals surface area contributed by atoms with Crippen molar-refractivity contribution >= 4 is 17.3 Å². The first-order chi connectivity index (χ1) is 14.3. The molecule has 0 spiro atoms. The van der Waals surface area contributed by atoms with Crippen molar-refractivity contribution in [1.82, 2.24) is 25.4 Å². The molecule has 0 saturated carbocycles. The molecule has 2 fully saturated rings. The van der Waals surface area contributed by atoms with Gasteiger partial charge in [0, 0.05) is 37.3 Å². The molecule has 1 atom stereocenters. The van der Waals surface area contributed by atoms with Crippen LogP contribution < -0.4 is 10.1 Å². The molecule has 12 heteroatoms. The number of methoxy groups -OCH3 is 1. The van der Waals surface area contributed by atoms with Gasteiger partial charge in [-0.05, 0) is 24.9 Å². The van der Waals surface area contributed by atoms with E-state index in [1.165, 1.54) is 23.4 Å². The molecule has 2 saturated heterocycles. The summed E-state index contributed by atoms with van der Waals surface area (Å²) in [6.07, 6.45) is -0.755. The smallest absolute Gasteiger partial charge is 0.481 e. The molecule has 30 heavy (non-hydrogen) atoms. The molecule has 0 bridgehead atoms. The molecule has 0 amide bonds. The SMILES string of the molecule is COc1ccc(C2CCCN2Cc2nnc(C3CNC3)s2)cn1.O=C(O)C(F)(F)F. The number of nitrogens with zero attached hydrogens (tertiary/aromatic N) is 4. The number of carbonyl (C=O) groups is 1. The third-order valence-corrected chi connectivity index (χ3v) is 5.98. The summed E-state index contributed by atoms with van der Waals surface area (Å²) in [5.41, 5.74) is 1.26. The van der Waals surface area contributed by atoms with E-state index in [0.717, 1.165) is 31.2 Å². The number of hydrogen-bond donors (Lipinski definition) is 2. The van der Waals surface area contributed by atoms with Crippen molar-refractivity contribution < 1.29 is 27.8 Å². The molecule has 0 aliphatic carbocycles. The Hall–Kier alpha value is -2.31. The fraction of sp³-hybridized carbons (Fsp3) is 0.556. The van der Waals surface area contributed by atoms with Crippen LogP contribution in [0.2, 0.25) is 0 Å². The second kappa shape index (κ2) is 9.67. The number of nitrogens with one attached hydrogen (secondary N) is 1. The zero-order valence-corrected chi connectivity index (χ0v) is 17.0. The minimum absolute atomic E-state index is 0.422. The van der Waals surface area contributed by atoms with Crippen LogP contribution in [0, 0.1) is 0 Å². The van der Waals surface area contributed by atoms with Gasteiger partial charge in [0.05, 0.1) is 13.7 Å². The van der Waals surface area contributed by atoms with Gasteiger partial charge in [0.25, 0.3) is 0 Å². The molecule has 2 aromatic rings. The number of alkyl halides is 3. The third-order valence-electron chi connectivity index (χ3n) is 4.91. The number of rotatable bonds is 5. The van der Waals surface area contributed by atoms with E-state index < -0.39 is 12.1 Å². The number of halogens is 3. The number of likely N-dealkylation sites (tertiary alicyclic amines) is 1. The van der Waals surface area contributed by atoms with Gasteiger partial charge in [0.15, 0.2) is 0 Å². The van der Waals surface area contributed by atoms with E-state index in [0.29, 0.717) is 17.8 Å². The maximum Gasteiger partial charge on any atom is 0.490 e. The predicted octanol–water partition coefficient (Wildman–Crippen LogP) is 2.60. The van der Waals surface area contributed by atoms with Crippen LogP contribution in [0.25, 0.3) is 0 Å². The van der Waals surface area contributed by atoms with Gasteiger partial charge in [0.2, 0.25) is 5.88 Å². The Balaban J connectivity index is 0.000000318. The van der Waals surface area contributed by atoms with Crippen molar-refractivity contribution in [2.45, 2.75) is 37.5 Å². The van der Waals surface area contributed by atoms with Crippen molar-refractivity contribution in [3.63, 3.8) is 0 Å². The van der Waals surface area contributed by atoms with E-state index >= 15 is 0 Å². The second-order valence-electron chi connectivity index (χ2n) is 6.95. The van der Waals surface area contributed by atoms with Crippen LogP contribution in [0.4, 0.5) is 13.2 Å². The molecule has 0 radical (unpaired) electrons. The summed E-state index contributed by atoms with van der Waals surface area (Å²) in [7, 11) is 1.65. The van der Waals surface area contributed by atoms with Crippen molar-refractivity contribution in [2.75, 3.05) is 26.7 Å². The Morgan fingerprint density at radius 3 is 2.63 bits per heavy atom. The number of carboxylic acids is 1. The number of ether oxygens (including phenoxy) is 1. The first kappa shape index (κ1) is 22.4. The van der Waals surface area contributed by atoms with Crippen LogP contribution in [-0.2, 0) is 11.3 Å². The number of aromatic nitrogens is 3. The normalized spacial score (nSPS) is 19.7. The van der Waals surface area contributed by atoms with Gasteiger partial charge in [-0.25, -0.2) is 9.78 Å². The summed E-state index contributed by atoms with van der Waals surface area (Å²) in [6.45, 7) is 4.07. The summed E-state index contributed by atoms with van der Waals surface area (Å²) in [6, 6.07) is 4.49. The summed E-state index contributed by atoms with van der Waals surface area (Å²) in [4.78, 5) is 15.7. The minimum Gasteiger partial charge on any atom is -0.481 e. The molecular formula is C18H22F3N5O3S. The van der Waals surface area contributed by atoms with Gasteiger partial charge in [0.1, 0.15) is 10.0 Å². The molecule has 4 heterocycles. The highest BCUT2D eigenvalue weighted by Crippen LogP contribution is 2.34. The Labute approximate surface area is 175 Å². The van der Waals surface area contributed by atoms with E-state index in [-0.39, 0.29) is 0 Å². The van der Waals surface area contributed by atoms with Crippen LogP contribution in [0.3, 0.4) is 0 Å². The molecular weight excluding hydrogens is 423 g/mol. The van der Waals surface area contributed by atoms with Gasteiger partial charge in [-0.3, -0.25) is 4.90 Å². The van der Waals surface area contributed by atoms with Crippen LogP contribution in [0.15, 0.2) is 18.3 Å². The summed E-state index contributed by atoms with van der Waals surface area (Å²) >= 11 is 1.77. The monoisotopic (exact) mass is 445 g/mol. The van der Waals surface area contributed by atoms with E-state index in [1.54, 1.807) is 18.4 Å². The third kappa shape index (κ3) is 5.64. The molecule has 2 aliphatic heterocycles. The number of carboxylic acid groups (broad SMARTS) is 1. The van der Waals surface area contributed by atoms with Crippen molar-refractivity contribution in [3.05, 3.63) is 33.9 Å². The molecule has 2 aliphatic rings. The van der Waals surface area contributed by atoms with E-state index in [2.05, 4.69) is 31.5 Å². The van der Waals surface area contributed by atoms with Gasteiger partial charge >= 0.3 is 12.1 Å². The van der Waals surface area contributed by atoms with Crippen molar-refractivity contribution in [2.24, 2.45) is 0 Å². The molecule has 164 valence electrons. The lowest BCUT2D eigenvalue weighted by atomic mass is 10.1. The Morgan fingerprint density at radius 1 is 1.37 bits per heavy atom. The Bertz CT molecular complexity index is 842. The summed E-state index contributed by atoms with van der Waals surface area (Å²) in [5, 5.41) is 21.5. The fourth-order valence-corrected chi connectivity index (χ4v) is 4.20. The standard InChI is InChI=1S/C16H21N5OS.C2HF3O2/c1-22-14-5-4-11(9-18-14)13-3-2-6-21(13)10-15-19-20-16(23-15)12-7-17-8-12;3-2(4,5)1(6)7/h4-5,9,12-13,17H,2-3,6-8,10H2,1H3;(H,6,7). The summed E-state index contributed by atoms with van der Waals surface area (Å²) < 4.78 is 36.9. The second-order valence-corrected chi connectivity index (χ2v) is 8.05. The minimum atomic E-state index is -5.08. The van der Waals surface area contributed by atoms with E-state index in [9.17, 15) is 13.2 Å². The van der Waals surface area contributed by atoms with Gasteiger partial charge in [-0.2, -0.15) is 13.2 Å². The largest absolute Gasteiger partial charge is 0.490 e. The zero-order valence-electron chi connectivity index (χ0n) is 16.2. The van der Waals surface area contributed by atoms with Gasteiger partial charge in [-0.1, -0.05) is 17.4 Å². The van der Waals surface area contributed by atoms with E-state index in [1.807, 2.05) is 12.3 Å². The van der Waals surface area contributed by atoms with Crippen molar-refractivity contribution in [1.29, 1.82) is 0 Å². The maximum atomic E-state index is 10.6. The molecule has 4 rings (SSSR count). The number of pyridine rings is 1. The molecule has 2 aromatic heterocycles. The highest BCUT2D eigenvalue weighted by Gasteiger charge is 2.38. The average molecular weight is 445 g/mol. The van der Waals surface area contributed by atoms with Crippen LogP contribution in [0.1, 0.15) is 40.4 Å². The highest BCUT2D eigenvalue weighted by atomic mass is 32.1. The molecule has 8 nitrogen and oxygen atoms in total. The quantitative estimate of drug-likeness (QED) is 0.725. The molecule has 0 aromatic carbocycles. The number of hydrogen-bond acceptors (Lipinski definition) is 8. The number of aliphatic carboxylic acids is 1. The highest BCUT2D eigenvalue weighted by molar-refractivity contribution is 7.11. The van der Waals surface area contributed by atoms with Gasteiger partial charge in [-0.15, -0.1) is 10.2 Å². The topological polar surface area (TPSA) is 100 Å².